The maximum absolute atomic E-state index is 2.53. The Morgan fingerprint density at radius 1 is 0.941 bits per heavy atom. The summed E-state index contributed by atoms with van der Waals surface area (Å²) in [6.45, 7) is 4.86. The molecule has 0 aromatic heterocycles. The summed E-state index contributed by atoms with van der Waals surface area (Å²) in [6.07, 6.45) is 16.7. The van der Waals surface area contributed by atoms with Crippen molar-refractivity contribution in [3.05, 3.63) is 0 Å². The Kier molecular flexibility index (Phi) is 5.38. The highest BCUT2D eigenvalue weighted by Crippen LogP contribution is 2.43. The van der Waals surface area contributed by atoms with E-state index in [2.05, 4.69) is 13.8 Å². The van der Waals surface area contributed by atoms with Crippen molar-refractivity contribution in [3.8, 4) is 0 Å². The van der Waals surface area contributed by atoms with Gasteiger partial charge in [-0.3, -0.25) is 0 Å². The van der Waals surface area contributed by atoms with Gasteiger partial charge in [-0.1, -0.05) is 71.6 Å². The van der Waals surface area contributed by atoms with Gasteiger partial charge in [-0.25, -0.2) is 0 Å². The van der Waals surface area contributed by atoms with Crippen LogP contribution in [-0.2, 0) is 0 Å². The van der Waals surface area contributed by atoms with Crippen LogP contribution >= 0.6 is 0 Å². The van der Waals surface area contributed by atoms with E-state index in [1.807, 2.05) is 0 Å². The van der Waals surface area contributed by atoms with Gasteiger partial charge in [-0.05, 0) is 36.5 Å². The van der Waals surface area contributed by atoms with Crippen molar-refractivity contribution in [2.24, 2.45) is 23.7 Å². The Balaban J connectivity index is 1.83. The lowest BCUT2D eigenvalue weighted by Gasteiger charge is -2.40. The minimum atomic E-state index is 1.03. The van der Waals surface area contributed by atoms with Gasteiger partial charge in [0.25, 0.3) is 0 Å². The summed E-state index contributed by atoms with van der Waals surface area (Å²) in [5.74, 6) is 4.30. The summed E-state index contributed by atoms with van der Waals surface area (Å²) in [6, 6.07) is 0. The van der Waals surface area contributed by atoms with Gasteiger partial charge in [0.05, 0.1) is 0 Å². The van der Waals surface area contributed by atoms with Crippen molar-refractivity contribution in [2.45, 2.75) is 84.5 Å². The van der Waals surface area contributed by atoms with Crippen LogP contribution in [0.25, 0.3) is 0 Å². The number of hydrogen-bond acceptors (Lipinski definition) is 0. The molecule has 2 aliphatic rings. The summed E-state index contributed by atoms with van der Waals surface area (Å²) in [5, 5.41) is 0. The average Bonchev–Trinajstić information content (AvgIpc) is 2.37. The zero-order valence-electron chi connectivity index (χ0n) is 12.1. The molecule has 0 heterocycles. The lowest BCUT2D eigenvalue weighted by Crippen LogP contribution is -2.29. The van der Waals surface area contributed by atoms with Gasteiger partial charge in [0.15, 0.2) is 0 Å². The molecule has 0 radical (unpaired) electrons. The van der Waals surface area contributed by atoms with Gasteiger partial charge < -0.3 is 0 Å². The first-order valence-corrected chi connectivity index (χ1v) is 8.31. The molecule has 17 heavy (non-hydrogen) atoms. The molecular weight excluding hydrogens is 204 g/mol. The quantitative estimate of drug-likeness (QED) is 0.578. The third-order valence-electron chi connectivity index (χ3n) is 5.57. The van der Waals surface area contributed by atoms with Gasteiger partial charge in [-0.15, -0.1) is 0 Å². The van der Waals surface area contributed by atoms with Gasteiger partial charge in [0.1, 0.15) is 0 Å². The minimum absolute atomic E-state index is 1.03. The molecule has 0 saturated heterocycles. The number of hydrogen-bond donors (Lipinski definition) is 0. The predicted octanol–water partition coefficient (Wildman–Crippen LogP) is 5.81. The van der Waals surface area contributed by atoms with E-state index in [-0.39, 0.29) is 0 Å². The fraction of sp³-hybridized carbons (Fsp3) is 1.00. The van der Waals surface area contributed by atoms with Crippen molar-refractivity contribution < 1.29 is 0 Å². The molecule has 0 aromatic rings. The topological polar surface area (TPSA) is 0 Å². The molecule has 0 nitrogen and oxygen atoms in total. The van der Waals surface area contributed by atoms with Gasteiger partial charge in [0.2, 0.25) is 0 Å². The van der Waals surface area contributed by atoms with Crippen LogP contribution in [-0.4, -0.2) is 0 Å². The summed E-state index contributed by atoms with van der Waals surface area (Å²) in [7, 11) is 0. The lowest BCUT2D eigenvalue weighted by molar-refractivity contribution is 0.112. The van der Waals surface area contributed by atoms with Crippen LogP contribution in [0.3, 0.4) is 0 Å². The minimum Gasteiger partial charge on any atom is -0.0654 e. The third kappa shape index (κ3) is 3.73. The lowest BCUT2D eigenvalue weighted by atomic mass is 9.66. The SMILES string of the molecule is CCCCC1CCCC(C2CCCCC2C)C1. The van der Waals surface area contributed by atoms with Crippen molar-refractivity contribution in [1.82, 2.24) is 0 Å². The molecule has 0 N–H and O–H groups in total. The fourth-order valence-electron chi connectivity index (χ4n) is 4.52. The van der Waals surface area contributed by atoms with E-state index >= 15 is 0 Å². The Labute approximate surface area is 109 Å². The van der Waals surface area contributed by atoms with Crippen molar-refractivity contribution in [1.29, 1.82) is 0 Å². The van der Waals surface area contributed by atoms with E-state index in [4.69, 9.17) is 0 Å². The molecule has 0 heteroatoms. The van der Waals surface area contributed by atoms with E-state index in [9.17, 15) is 0 Å². The molecule has 2 rings (SSSR count). The van der Waals surface area contributed by atoms with E-state index in [1.54, 1.807) is 19.3 Å². The Hall–Kier alpha value is 0. The smallest absolute Gasteiger partial charge is 0.0360 e. The van der Waals surface area contributed by atoms with E-state index in [1.165, 1.54) is 51.4 Å². The Bertz CT molecular complexity index is 208. The molecule has 2 saturated carbocycles. The first-order chi connectivity index (χ1) is 8.31. The van der Waals surface area contributed by atoms with Gasteiger partial charge >= 0.3 is 0 Å². The highest BCUT2D eigenvalue weighted by Gasteiger charge is 2.32. The largest absolute Gasteiger partial charge is 0.0654 e. The number of rotatable bonds is 4. The normalized spacial score (nSPS) is 39.2. The molecule has 2 aliphatic carbocycles. The zero-order chi connectivity index (χ0) is 12.1. The van der Waals surface area contributed by atoms with Gasteiger partial charge in [-0.2, -0.15) is 0 Å². The predicted molar refractivity (Wildman–Crippen MR) is 76.1 cm³/mol. The monoisotopic (exact) mass is 236 g/mol. The molecule has 4 atom stereocenters. The van der Waals surface area contributed by atoms with Crippen LogP contribution in [0.1, 0.15) is 84.5 Å². The van der Waals surface area contributed by atoms with Crippen molar-refractivity contribution in [3.63, 3.8) is 0 Å². The second-order valence-electron chi connectivity index (χ2n) is 6.86. The molecule has 100 valence electrons. The molecule has 0 amide bonds. The van der Waals surface area contributed by atoms with Crippen LogP contribution in [0.15, 0.2) is 0 Å². The summed E-state index contributed by atoms with van der Waals surface area (Å²) in [5.41, 5.74) is 0. The highest BCUT2D eigenvalue weighted by molar-refractivity contribution is 4.83. The van der Waals surface area contributed by atoms with Crippen LogP contribution in [0, 0.1) is 23.7 Å². The zero-order valence-corrected chi connectivity index (χ0v) is 12.1. The standard InChI is InChI=1S/C17H32/c1-3-4-9-15-10-7-11-16(13-15)17-12-6-5-8-14(17)2/h14-17H,3-13H2,1-2H3. The fourth-order valence-corrected chi connectivity index (χ4v) is 4.52. The Morgan fingerprint density at radius 3 is 2.53 bits per heavy atom. The average molecular weight is 236 g/mol. The molecule has 0 spiro atoms. The molecule has 0 bridgehead atoms. The van der Waals surface area contributed by atoms with Crippen LogP contribution < -0.4 is 0 Å². The second-order valence-corrected chi connectivity index (χ2v) is 6.86. The van der Waals surface area contributed by atoms with Crippen LogP contribution in [0.2, 0.25) is 0 Å². The van der Waals surface area contributed by atoms with E-state index < -0.39 is 0 Å². The van der Waals surface area contributed by atoms with E-state index in [0.717, 1.165) is 23.7 Å². The van der Waals surface area contributed by atoms with Gasteiger partial charge in [0, 0.05) is 0 Å². The maximum Gasteiger partial charge on any atom is -0.0360 e. The number of unbranched alkanes of at least 4 members (excludes halogenated alkanes) is 1. The molecule has 2 fully saturated rings. The summed E-state index contributed by atoms with van der Waals surface area (Å²) < 4.78 is 0. The second kappa shape index (κ2) is 6.81. The first kappa shape index (κ1) is 13.4. The van der Waals surface area contributed by atoms with Crippen LogP contribution in [0.4, 0.5) is 0 Å². The van der Waals surface area contributed by atoms with Crippen molar-refractivity contribution in [2.75, 3.05) is 0 Å². The van der Waals surface area contributed by atoms with Crippen LogP contribution in [0.5, 0.6) is 0 Å². The molecule has 0 aliphatic heterocycles. The first-order valence-electron chi connectivity index (χ1n) is 8.31. The molecule has 4 unspecified atom stereocenters. The maximum atomic E-state index is 2.53. The molecule has 0 aromatic carbocycles. The van der Waals surface area contributed by atoms with Crippen molar-refractivity contribution >= 4 is 0 Å². The summed E-state index contributed by atoms with van der Waals surface area (Å²) in [4.78, 5) is 0. The van der Waals surface area contributed by atoms with E-state index in [0.29, 0.717) is 0 Å². The third-order valence-corrected chi connectivity index (χ3v) is 5.57. The molecular formula is C17H32. The summed E-state index contributed by atoms with van der Waals surface area (Å²) >= 11 is 0. The highest BCUT2D eigenvalue weighted by atomic mass is 14.4. The Morgan fingerprint density at radius 2 is 1.76 bits per heavy atom.